The van der Waals surface area contributed by atoms with E-state index in [4.69, 9.17) is 0 Å². The molecule has 1 unspecified atom stereocenters. The van der Waals surface area contributed by atoms with E-state index in [9.17, 15) is 18.8 Å². The van der Waals surface area contributed by atoms with Crippen LogP contribution >= 0.6 is 0 Å². The Bertz CT molecular complexity index is 895. The Morgan fingerprint density at radius 3 is 2.53 bits per heavy atom. The molecule has 2 aliphatic carbocycles. The number of likely N-dealkylation sites (tertiary alicyclic amines) is 1. The molecule has 0 spiro atoms. The van der Waals surface area contributed by atoms with E-state index in [0.717, 1.165) is 51.4 Å². The monoisotopic (exact) mass is 471 g/mol. The summed E-state index contributed by atoms with van der Waals surface area (Å²) in [6.07, 6.45) is 9.48. The van der Waals surface area contributed by atoms with Gasteiger partial charge in [0, 0.05) is 37.0 Å². The zero-order valence-corrected chi connectivity index (χ0v) is 20.3. The van der Waals surface area contributed by atoms with Crippen LogP contribution in [0, 0.1) is 11.7 Å². The molecule has 186 valence electrons. The first kappa shape index (κ1) is 24.8. The van der Waals surface area contributed by atoms with E-state index in [0.29, 0.717) is 43.2 Å². The average Bonchev–Trinajstić information content (AvgIpc) is 3.70. The first-order valence-corrected chi connectivity index (χ1v) is 13.1. The Labute approximate surface area is 202 Å². The van der Waals surface area contributed by atoms with Crippen LogP contribution in [0.25, 0.3) is 0 Å². The summed E-state index contributed by atoms with van der Waals surface area (Å²) in [6, 6.07) is 4.45. The van der Waals surface area contributed by atoms with E-state index in [-0.39, 0.29) is 35.3 Å². The number of benzene rings is 1. The van der Waals surface area contributed by atoms with Gasteiger partial charge in [-0.15, -0.1) is 0 Å². The SMILES string of the molecule is CCC(=O)[C@H](NC(=O)c1ccc(F)c(C2CCCN(C(=O)CNC3CC3)C2)c1)C1CCCCC1. The maximum atomic E-state index is 14.8. The largest absolute Gasteiger partial charge is 0.342 e. The molecule has 2 amide bonds. The van der Waals surface area contributed by atoms with Crippen LogP contribution in [0.3, 0.4) is 0 Å². The normalized spacial score (nSPS) is 22.3. The lowest BCUT2D eigenvalue weighted by molar-refractivity contribution is -0.131. The van der Waals surface area contributed by atoms with Crippen LogP contribution in [-0.2, 0) is 9.59 Å². The maximum Gasteiger partial charge on any atom is 0.251 e. The molecule has 2 N–H and O–H groups in total. The van der Waals surface area contributed by atoms with Gasteiger partial charge in [0.1, 0.15) is 5.82 Å². The number of rotatable bonds is 9. The van der Waals surface area contributed by atoms with Gasteiger partial charge in [0.05, 0.1) is 12.6 Å². The van der Waals surface area contributed by atoms with Gasteiger partial charge in [-0.3, -0.25) is 14.4 Å². The number of ketones is 1. The predicted molar refractivity (Wildman–Crippen MR) is 129 cm³/mol. The molecule has 6 nitrogen and oxygen atoms in total. The fourth-order valence-electron chi connectivity index (χ4n) is 5.46. The van der Waals surface area contributed by atoms with Gasteiger partial charge in [-0.2, -0.15) is 0 Å². The Morgan fingerprint density at radius 1 is 1.06 bits per heavy atom. The Balaban J connectivity index is 1.44. The fourth-order valence-corrected chi connectivity index (χ4v) is 5.46. The standard InChI is InChI=1S/C27H38FN3O3/c1-2-24(32)26(18-7-4-3-5-8-18)30-27(34)19-10-13-23(28)22(15-19)20-9-6-14-31(17-20)25(33)16-29-21-11-12-21/h10,13,15,18,20-21,26,29H,2-9,11-12,14,16-17H2,1H3,(H,30,34)/t20?,26-/m1/s1. The maximum absolute atomic E-state index is 14.8. The van der Waals surface area contributed by atoms with Crippen molar-refractivity contribution in [3.05, 3.63) is 35.1 Å². The van der Waals surface area contributed by atoms with Crippen LogP contribution < -0.4 is 10.6 Å². The molecule has 34 heavy (non-hydrogen) atoms. The Morgan fingerprint density at radius 2 is 1.82 bits per heavy atom. The summed E-state index contributed by atoms with van der Waals surface area (Å²) >= 11 is 0. The van der Waals surface area contributed by atoms with Crippen LogP contribution in [0.2, 0.25) is 0 Å². The van der Waals surface area contributed by atoms with Crippen molar-refractivity contribution >= 4 is 17.6 Å². The Kier molecular flexibility index (Phi) is 8.35. The summed E-state index contributed by atoms with van der Waals surface area (Å²) in [4.78, 5) is 40.2. The second-order valence-corrected chi connectivity index (χ2v) is 10.2. The number of halogens is 1. The van der Waals surface area contributed by atoms with Crippen molar-refractivity contribution in [2.75, 3.05) is 19.6 Å². The van der Waals surface area contributed by atoms with Crippen molar-refractivity contribution in [3.8, 4) is 0 Å². The van der Waals surface area contributed by atoms with E-state index in [1.54, 1.807) is 6.07 Å². The quantitative estimate of drug-likeness (QED) is 0.572. The number of hydrogen-bond donors (Lipinski definition) is 2. The lowest BCUT2D eigenvalue weighted by Crippen LogP contribution is -2.46. The van der Waals surface area contributed by atoms with Crippen LogP contribution in [0.4, 0.5) is 4.39 Å². The number of amides is 2. The minimum atomic E-state index is -0.479. The number of nitrogens with one attached hydrogen (secondary N) is 2. The first-order valence-electron chi connectivity index (χ1n) is 13.1. The molecule has 0 aromatic heterocycles. The molecular weight excluding hydrogens is 433 g/mol. The molecule has 7 heteroatoms. The molecule has 1 aromatic rings. The fraction of sp³-hybridized carbons (Fsp3) is 0.667. The highest BCUT2D eigenvalue weighted by Gasteiger charge is 2.31. The number of nitrogens with zero attached hydrogens (tertiary/aromatic N) is 1. The summed E-state index contributed by atoms with van der Waals surface area (Å²) in [5.41, 5.74) is 0.858. The van der Waals surface area contributed by atoms with E-state index < -0.39 is 6.04 Å². The third-order valence-electron chi connectivity index (χ3n) is 7.69. The van der Waals surface area contributed by atoms with Gasteiger partial charge in [-0.25, -0.2) is 4.39 Å². The van der Waals surface area contributed by atoms with Crippen LogP contribution in [0.1, 0.15) is 93.0 Å². The molecule has 2 saturated carbocycles. The van der Waals surface area contributed by atoms with Gasteiger partial charge in [-0.05, 0) is 68.2 Å². The average molecular weight is 472 g/mol. The zero-order chi connectivity index (χ0) is 24.1. The number of carbonyl (C=O) groups is 3. The van der Waals surface area contributed by atoms with Crippen molar-refractivity contribution in [3.63, 3.8) is 0 Å². The van der Waals surface area contributed by atoms with E-state index in [1.807, 2.05) is 11.8 Å². The predicted octanol–water partition coefficient (Wildman–Crippen LogP) is 3.94. The van der Waals surface area contributed by atoms with Crippen molar-refractivity contribution in [1.82, 2.24) is 15.5 Å². The van der Waals surface area contributed by atoms with Gasteiger partial charge >= 0.3 is 0 Å². The van der Waals surface area contributed by atoms with Crippen molar-refractivity contribution in [2.45, 2.75) is 89.1 Å². The minimum Gasteiger partial charge on any atom is -0.342 e. The van der Waals surface area contributed by atoms with Gasteiger partial charge in [0.2, 0.25) is 5.91 Å². The molecule has 2 atom stereocenters. The molecular formula is C27H38FN3O3. The highest BCUT2D eigenvalue weighted by molar-refractivity contribution is 5.98. The van der Waals surface area contributed by atoms with Gasteiger partial charge in [0.15, 0.2) is 5.78 Å². The molecule has 3 aliphatic rings. The minimum absolute atomic E-state index is 0.0549. The second kappa shape index (κ2) is 11.4. The molecule has 1 aliphatic heterocycles. The third-order valence-corrected chi connectivity index (χ3v) is 7.69. The highest BCUT2D eigenvalue weighted by Crippen LogP contribution is 2.31. The molecule has 1 aromatic carbocycles. The van der Waals surface area contributed by atoms with Crippen LogP contribution in [0.5, 0.6) is 0 Å². The summed E-state index contributed by atoms with van der Waals surface area (Å²) < 4.78 is 14.8. The zero-order valence-electron chi connectivity index (χ0n) is 20.3. The number of hydrogen-bond acceptors (Lipinski definition) is 4. The lowest BCUT2D eigenvalue weighted by Gasteiger charge is -2.33. The molecule has 4 rings (SSSR count). The van der Waals surface area contributed by atoms with Gasteiger partial charge in [-0.1, -0.05) is 26.2 Å². The van der Waals surface area contributed by atoms with Crippen molar-refractivity contribution in [1.29, 1.82) is 0 Å². The Hall–Kier alpha value is -2.28. The van der Waals surface area contributed by atoms with E-state index >= 15 is 0 Å². The molecule has 1 saturated heterocycles. The van der Waals surface area contributed by atoms with E-state index in [2.05, 4.69) is 10.6 Å². The lowest BCUT2D eigenvalue weighted by atomic mass is 9.81. The molecule has 0 bridgehead atoms. The highest BCUT2D eigenvalue weighted by atomic mass is 19.1. The number of piperidine rings is 1. The van der Waals surface area contributed by atoms with Gasteiger partial charge in [0.25, 0.3) is 5.91 Å². The topological polar surface area (TPSA) is 78.5 Å². The van der Waals surface area contributed by atoms with Crippen molar-refractivity contribution < 1.29 is 18.8 Å². The first-order chi connectivity index (χ1) is 16.5. The summed E-state index contributed by atoms with van der Waals surface area (Å²) in [5.74, 6) is -0.524. The summed E-state index contributed by atoms with van der Waals surface area (Å²) in [5, 5.41) is 6.24. The number of carbonyl (C=O) groups excluding carboxylic acids is 3. The smallest absolute Gasteiger partial charge is 0.251 e. The molecule has 0 radical (unpaired) electrons. The van der Waals surface area contributed by atoms with E-state index in [1.165, 1.54) is 18.6 Å². The van der Waals surface area contributed by atoms with Crippen molar-refractivity contribution in [2.24, 2.45) is 5.92 Å². The van der Waals surface area contributed by atoms with Gasteiger partial charge < -0.3 is 15.5 Å². The third kappa shape index (κ3) is 6.23. The van der Waals surface area contributed by atoms with Crippen LogP contribution in [0.15, 0.2) is 18.2 Å². The summed E-state index contributed by atoms with van der Waals surface area (Å²) in [6.45, 7) is 3.31. The summed E-state index contributed by atoms with van der Waals surface area (Å²) in [7, 11) is 0. The molecule has 3 fully saturated rings. The second-order valence-electron chi connectivity index (χ2n) is 10.2. The van der Waals surface area contributed by atoms with Crippen LogP contribution in [-0.4, -0.2) is 54.2 Å². The number of Topliss-reactive ketones (excluding diaryl/α,β-unsaturated/α-hetero) is 1. The molecule has 1 heterocycles.